The quantitative estimate of drug-likeness (QED) is 0.716. The Kier molecular flexibility index (Phi) is 3.07. The zero-order valence-electron chi connectivity index (χ0n) is 9.55. The fraction of sp³-hybridized carbons (Fsp3) is 0.500. The molecule has 84 valence electrons. The lowest BCUT2D eigenvalue weighted by atomic mass is 10.1. The highest BCUT2D eigenvalue weighted by Crippen LogP contribution is 2.23. The van der Waals surface area contributed by atoms with Crippen LogP contribution in [0.4, 0.5) is 5.69 Å². The van der Waals surface area contributed by atoms with E-state index >= 15 is 0 Å². The molecular formula is C12H15N3O. The average Bonchev–Trinajstić information content (AvgIpc) is 2.32. The van der Waals surface area contributed by atoms with Crippen LogP contribution in [-0.2, 0) is 4.74 Å². The first-order valence-electron chi connectivity index (χ1n) is 5.45. The fourth-order valence-corrected chi connectivity index (χ4v) is 1.95. The van der Waals surface area contributed by atoms with Crippen LogP contribution in [0.25, 0.3) is 0 Å². The van der Waals surface area contributed by atoms with E-state index in [1.54, 1.807) is 6.20 Å². The molecule has 1 aromatic heterocycles. The van der Waals surface area contributed by atoms with Crippen molar-refractivity contribution >= 4 is 5.69 Å². The number of ether oxygens (including phenoxy) is 1. The van der Waals surface area contributed by atoms with Crippen LogP contribution < -0.4 is 4.90 Å². The zero-order valence-corrected chi connectivity index (χ0v) is 9.55. The minimum atomic E-state index is 0.197. The number of anilines is 1. The molecule has 0 radical (unpaired) electrons. The van der Waals surface area contributed by atoms with Gasteiger partial charge in [-0.05, 0) is 26.0 Å². The number of hydrogen-bond donors (Lipinski definition) is 0. The van der Waals surface area contributed by atoms with Gasteiger partial charge in [0.1, 0.15) is 6.07 Å². The van der Waals surface area contributed by atoms with Crippen LogP contribution in [0, 0.1) is 11.3 Å². The second-order valence-electron chi connectivity index (χ2n) is 4.13. The van der Waals surface area contributed by atoms with Crippen molar-refractivity contribution in [1.82, 2.24) is 4.98 Å². The van der Waals surface area contributed by atoms with E-state index in [0.717, 1.165) is 12.2 Å². The van der Waals surface area contributed by atoms with E-state index in [0.29, 0.717) is 12.3 Å². The molecule has 0 saturated carbocycles. The van der Waals surface area contributed by atoms with E-state index in [2.05, 4.69) is 22.9 Å². The molecule has 1 aliphatic rings. The van der Waals surface area contributed by atoms with Gasteiger partial charge >= 0.3 is 0 Å². The van der Waals surface area contributed by atoms with Gasteiger partial charge in [0.05, 0.1) is 18.4 Å². The van der Waals surface area contributed by atoms with Crippen molar-refractivity contribution in [2.75, 3.05) is 18.1 Å². The number of rotatable bonds is 1. The summed E-state index contributed by atoms with van der Waals surface area (Å²) in [6.45, 7) is 5.64. The zero-order chi connectivity index (χ0) is 11.5. The molecule has 0 aliphatic carbocycles. The summed E-state index contributed by atoms with van der Waals surface area (Å²) in [6, 6.07) is 6.23. The predicted molar refractivity (Wildman–Crippen MR) is 61.2 cm³/mol. The summed E-state index contributed by atoms with van der Waals surface area (Å²) in [7, 11) is 0. The predicted octanol–water partition coefficient (Wildman–Crippen LogP) is 1.57. The van der Waals surface area contributed by atoms with Crippen LogP contribution in [0.3, 0.4) is 0 Å². The maximum atomic E-state index is 9.03. The fourth-order valence-electron chi connectivity index (χ4n) is 1.95. The summed E-state index contributed by atoms with van der Waals surface area (Å²) in [6.07, 6.45) is 1.85. The third-order valence-corrected chi connectivity index (χ3v) is 2.81. The SMILES string of the molecule is CC1CN(c2cccnc2C#N)C(C)CO1. The first kappa shape index (κ1) is 10.9. The molecule has 1 aliphatic heterocycles. The molecular weight excluding hydrogens is 202 g/mol. The van der Waals surface area contributed by atoms with E-state index in [1.165, 1.54) is 0 Å². The van der Waals surface area contributed by atoms with Crippen molar-refractivity contribution < 1.29 is 4.74 Å². The van der Waals surface area contributed by atoms with Crippen molar-refractivity contribution in [3.05, 3.63) is 24.0 Å². The Morgan fingerprint density at radius 1 is 1.56 bits per heavy atom. The molecule has 4 nitrogen and oxygen atoms in total. The van der Waals surface area contributed by atoms with E-state index in [-0.39, 0.29) is 12.1 Å². The van der Waals surface area contributed by atoms with Crippen molar-refractivity contribution in [3.63, 3.8) is 0 Å². The highest BCUT2D eigenvalue weighted by atomic mass is 16.5. The standard InChI is InChI=1S/C12H15N3O/c1-9-8-16-10(2)7-15(9)12-4-3-5-14-11(12)6-13/h3-5,9-10H,7-8H2,1-2H3. The van der Waals surface area contributed by atoms with E-state index < -0.39 is 0 Å². The first-order chi connectivity index (χ1) is 7.72. The third kappa shape index (κ3) is 2.00. The normalized spacial score (nSPS) is 25.2. The number of pyridine rings is 1. The Hall–Kier alpha value is -1.60. The van der Waals surface area contributed by atoms with Gasteiger partial charge in [-0.2, -0.15) is 5.26 Å². The summed E-state index contributed by atoms with van der Waals surface area (Å²) in [5, 5.41) is 9.03. The monoisotopic (exact) mass is 217 g/mol. The lowest BCUT2D eigenvalue weighted by Crippen LogP contribution is -2.47. The van der Waals surface area contributed by atoms with Gasteiger partial charge in [-0.3, -0.25) is 0 Å². The van der Waals surface area contributed by atoms with Crippen molar-refractivity contribution in [3.8, 4) is 6.07 Å². The van der Waals surface area contributed by atoms with Crippen LogP contribution in [0.2, 0.25) is 0 Å². The van der Waals surface area contributed by atoms with Crippen LogP contribution in [-0.4, -0.2) is 30.3 Å². The third-order valence-electron chi connectivity index (χ3n) is 2.81. The Balaban J connectivity index is 2.32. The van der Waals surface area contributed by atoms with Crippen LogP contribution >= 0.6 is 0 Å². The highest BCUT2D eigenvalue weighted by molar-refractivity contribution is 5.56. The van der Waals surface area contributed by atoms with Gasteiger partial charge in [0, 0.05) is 18.8 Å². The smallest absolute Gasteiger partial charge is 0.163 e. The topological polar surface area (TPSA) is 49.2 Å². The van der Waals surface area contributed by atoms with E-state index in [9.17, 15) is 0 Å². The van der Waals surface area contributed by atoms with Gasteiger partial charge in [-0.1, -0.05) is 0 Å². The molecule has 16 heavy (non-hydrogen) atoms. The molecule has 2 heterocycles. The molecule has 0 N–H and O–H groups in total. The van der Waals surface area contributed by atoms with Crippen LogP contribution in [0.15, 0.2) is 18.3 Å². The van der Waals surface area contributed by atoms with E-state index in [1.807, 2.05) is 19.1 Å². The van der Waals surface area contributed by atoms with E-state index in [4.69, 9.17) is 10.00 Å². The summed E-state index contributed by atoms with van der Waals surface area (Å²) in [5.74, 6) is 0. The molecule has 2 unspecified atom stereocenters. The summed E-state index contributed by atoms with van der Waals surface area (Å²) in [5.41, 5.74) is 1.40. The Morgan fingerprint density at radius 3 is 3.12 bits per heavy atom. The molecule has 0 bridgehead atoms. The molecule has 0 spiro atoms. The Bertz CT molecular complexity index is 413. The summed E-state index contributed by atoms with van der Waals surface area (Å²) >= 11 is 0. The molecule has 0 aromatic carbocycles. The lowest BCUT2D eigenvalue weighted by molar-refractivity contribution is 0.0343. The van der Waals surface area contributed by atoms with Crippen molar-refractivity contribution in [1.29, 1.82) is 5.26 Å². The maximum absolute atomic E-state index is 9.03. The molecule has 1 fully saturated rings. The minimum absolute atomic E-state index is 0.197. The second kappa shape index (κ2) is 4.50. The molecule has 0 amide bonds. The molecule has 1 saturated heterocycles. The number of nitriles is 1. The maximum Gasteiger partial charge on any atom is 0.163 e. The van der Waals surface area contributed by atoms with Gasteiger partial charge in [0.15, 0.2) is 5.69 Å². The number of morpholine rings is 1. The number of aromatic nitrogens is 1. The van der Waals surface area contributed by atoms with Gasteiger partial charge in [-0.25, -0.2) is 4.98 Å². The lowest BCUT2D eigenvalue weighted by Gasteiger charge is -2.38. The first-order valence-corrected chi connectivity index (χ1v) is 5.45. The van der Waals surface area contributed by atoms with Gasteiger partial charge in [-0.15, -0.1) is 0 Å². The Morgan fingerprint density at radius 2 is 2.38 bits per heavy atom. The second-order valence-corrected chi connectivity index (χ2v) is 4.13. The average molecular weight is 217 g/mol. The van der Waals surface area contributed by atoms with Gasteiger partial charge in [0.2, 0.25) is 0 Å². The van der Waals surface area contributed by atoms with Crippen molar-refractivity contribution in [2.45, 2.75) is 26.0 Å². The highest BCUT2D eigenvalue weighted by Gasteiger charge is 2.25. The molecule has 2 rings (SSSR count). The molecule has 4 heteroatoms. The number of hydrogen-bond acceptors (Lipinski definition) is 4. The summed E-state index contributed by atoms with van der Waals surface area (Å²) < 4.78 is 5.57. The van der Waals surface area contributed by atoms with Gasteiger partial charge < -0.3 is 9.64 Å². The largest absolute Gasteiger partial charge is 0.375 e. The van der Waals surface area contributed by atoms with Crippen LogP contribution in [0.1, 0.15) is 19.5 Å². The number of nitrogens with zero attached hydrogens (tertiary/aromatic N) is 3. The molecule has 1 aromatic rings. The molecule has 2 atom stereocenters. The van der Waals surface area contributed by atoms with Crippen molar-refractivity contribution in [2.24, 2.45) is 0 Å². The van der Waals surface area contributed by atoms with Crippen LogP contribution in [0.5, 0.6) is 0 Å². The Labute approximate surface area is 95.5 Å². The summed E-state index contributed by atoms with van der Waals surface area (Å²) in [4.78, 5) is 6.28. The van der Waals surface area contributed by atoms with Gasteiger partial charge in [0.25, 0.3) is 0 Å². The minimum Gasteiger partial charge on any atom is -0.375 e.